The van der Waals surface area contributed by atoms with Crippen LogP contribution in [0.2, 0.25) is 0 Å². The van der Waals surface area contributed by atoms with Crippen LogP contribution in [-0.4, -0.2) is 57.9 Å². The highest BCUT2D eigenvalue weighted by Gasteiger charge is 2.24. The predicted molar refractivity (Wildman–Crippen MR) is 105 cm³/mol. The van der Waals surface area contributed by atoms with E-state index in [0.717, 1.165) is 43.9 Å². The Kier molecular flexibility index (Phi) is 5.93. The number of aryl methyl sites for hydroxylation is 2. The minimum absolute atomic E-state index is 0.0274. The lowest BCUT2D eigenvalue weighted by atomic mass is 9.92. The van der Waals surface area contributed by atoms with Crippen molar-refractivity contribution < 1.29 is 4.79 Å². The van der Waals surface area contributed by atoms with E-state index in [2.05, 4.69) is 33.5 Å². The molecule has 0 aromatic carbocycles. The first kappa shape index (κ1) is 19.1. The standard InChI is InChI=1S/C19H29N7O/c1-5-26-13-16(11-21-26)15-6-8-25(9-7-15)19(27)20-12-17-10-14(2)22-18(23-17)24(3)4/h10-11,13,15H,5-9,12H2,1-4H3,(H,20,27). The third-order valence-corrected chi connectivity index (χ3v) is 4.95. The second-order valence-electron chi connectivity index (χ2n) is 7.24. The largest absolute Gasteiger partial charge is 0.347 e. The summed E-state index contributed by atoms with van der Waals surface area (Å²) >= 11 is 0. The van der Waals surface area contributed by atoms with Crippen molar-refractivity contribution in [3.05, 3.63) is 35.4 Å². The van der Waals surface area contributed by atoms with Crippen molar-refractivity contribution in [1.29, 1.82) is 0 Å². The van der Waals surface area contributed by atoms with Gasteiger partial charge in [0.05, 0.1) is 18.4 Å². The Morgan fingerprint density at radius 2 is 2.04 bits per heavy atom. The molecule has 3 heterocycles. The van der Waals surface area contributed by atoms with Gasteiger partial charge in [-0.25, -0.2) is 14.8 Å². The molecule has 8 heteroatoms. The van der Waals surface area contributed by atoms with Crippen LogP contribution < -0.4 is 10.2 Å². The van der Waals surface area contributed by atoms with Crippen molar-refractivity contribution in [2.24, 2.45) is 0 Å². The van der Waals surface area contributed by atoms with Crippen LogP contribution in [0.5, 0.6) is 0 Å². The normalized spacial score (nSPS) is 15.0. The minimum atomic E-state index is -0.0274. The molecule has 3 rings (SSSR count). The number of carbonyl (C=O) groups is 1. The number of aromatic nitrogens is 4. The third-order valence-electron chi connectivity index (χ3n) is 4.95. The van der Waals surface area contributed by atoms with Crippen LogP contribution in [0.4, 0.5) is 10.7 Å². The van der Waals surface area contributed by atoms with Gasteiger partial charge in [0, 0.05) is 45.6 Å². The molecule has 1 fully saturated rings. The van der Waals surface area contributed by atoms with E-state index in [9.17, 15) is 4.79 Å². The number of rotatable bonds is 5. The molecular formula is C19H29N7O. The highest BCUT2D eigenvalue weighted by Crippen LogP contribution is 2.27. The number of urea groups is 1. The fourth-order valence-electron chi connectivity index (χ4n) is 3.36. The van der Waals surface area contributed by atoms with Gasteiger partial charge in [-0.3, -0.25) is 4.68 Å². The van der Waals surface area contributed by atoms with Gasteiger partial charge < -0.3 is 15.1 Å². The lowest BCUT2D eigenvalue weighted by Crippen LogP contribution is -2.43. The maximum absolute atomic E-state index is 12.5. The van der Waals surface area contributed by atoms with Crippen LogP contribution in [0, 0.1) is 6.92 Å². The van der Waals surface area contributed by atoms with E-state index in [-0.39, 0.29) is 6.03 Å². The third kappa shape index (κ3) is 4.75. The Balaban J connectivity index is 1.51. The Hall–Kier alpha value is -2.64. The van der Waals surface area contributed by atoms with E-state index in [0.29, 0.717) is 18.4 Å². The molecular weight excluding hydrogens is 342 g/mol. The Morgan fingerprint density at radius 1 is 1.30 bits per heavy atom. The van der Waals surface area contributed by atoms with Crippen molar-refractivity contribution in [2.75, 3.05) is 32.1 Å². The van der Waals surface area contributed by atoms with Crippen LogP contribution in [0.3, 0.4) is 0 Å². The molecule has 1 N–H and O–H groups in total. The molecule has 0 spiro atoms. The molecule has 2 amide bonds. The van der Waals surface area contributed by atoms with Gasteiger partial charge >= 0.3 is 6.03 Å². The number of hydrogen-bond donors (Lipinski definition) is 1. The van der Waals surface area contributed by atoms with E-state index >= 15 is 0 Å². The van der Waals surface area contributed by atoms with Crippen molar-refractivity contribution in [2.45, 2.75) is 45.7 Å². The molecule has 0 atom stereocenters. The van der Waals surface area contributed by atoms with Gasteiger partial charge in [-0.15, -0.1) is 0 Å². The van der Waals surface area contributed by atoms with Gasteiger partial charge in [0.15, 0.2) is 0 Å². The molecule has 146 valence electrons. The van der Waals surface area contributed by atoms with Gasteiger partial charge in [-0.05, 0) is 44.2 Å². The van der Waals surface area contributed by atoms with Crippen molar-refractivity contribution in [3.8, 4) is 0 Å². The van der Waals surface area contributed by atoms with Crippen LogP contribution in [0.15, 0.2) is 18.5 Å². The highest BCUT2D eigenvalue weighted by atomic mass is 16.2. The Bertz CT molecular complexity index is 778. The molecule has 0 bridgehead atoms. The number of nitrogens with one attached hydrogen (secondary N) is 1. The Morgan fingerprint density at radius 3 is 2.67 bits per heavy atom. The van der Waals surface area contributed by atoms with Crippen LogP contribution in [-0.2, 0) is 13.1 Å². The summed E-state index contributed by atoms with van der Waals surface area (Å²) in [4.78, 5) is 25.1. The Labute approximate surface area is 160 Å². The first-order chi connectivity index (χ1) is 13.0. The number of likely N-dealkylation sites (tertiary alicyclic amines) is 1. The number of nitrogens with zero attached hydrogens (tertiary/aromatic N) is 6. The number of anilines is 1. The molecule has 1 saturated heterocycles. The fourth-order valence-corrected chi connectivity index (χ4v) is 3.36. The molecule has 2 aromatic heterocycles. The monoisotopic (exact) mass is 371 g/mol. The summed E-state index contributed by atoms with van der Waals surface area (Å²) in [5.74, 6) is 1.15. The summed E-state index contributed by atoms with van der Waals surface area (Å²) < 4.78 is 1.96. The predicted octanol–water partition coefficient (Wildman–Crippen LogP) is 2.16. The molecule has 0 unspecified atom stereocenters. The minimum Gasteiger partial charge on any atom is -0.347 e. The second-order valence-corrected chi connectivity index (χ2v) is 7.24. The van der Waals surface area contributed by atoms with Crippen LogP contribution in [0.1, 0.15) is 42.6 Å². The summed E-state index contributed by atoms with van der Waals surface area (Å²) in [7, 11) is 3.82. The summed E-state index contributed by atoms with van der Waals surface area (Å²) in [6.45, 7) is 6.85. The average molecular weight is 371 g/mol. The van der Waals surface area contributed by atoms with Gasteiger partial charge in [-0.2, -0.15) is 5.10 Å². The van der Waals surface area contributed by atoms with E-state index in [1.165, 1.54) is 5.56 Å². The highest BCUT2D eigenvalue weighted by molar-refractivity contribution is 5.74. The van der Waals surface area contributed by atoms with Gasteiger partial charge in [0.25, 0.3) is 0 Å². The zero-order valence-electron chi connectivity index (χ0n) is 16.6. The SMILES string of the molecule is CCn1cc(C2CCN(C(=O)NCc3cc(C)nc(N(C)C)n3)CC2)cn1. The molecule has 1 aliphatic rings. The number of piperidine rings is 1. The van der Waals surface area contributed by atoms with Crippen molar-refractivity contribution in [1.82, 2.24) is 30.0 Å². The molecule has 2 aromatic rings. The fraction of sp³-hybridized carbons (Fsp3) is 0.579. The summed E-state index contributed by atoms with van der Waals surface area (Å²) in [6.07, 6.45) is 6.03. The molecule has 1 aliphatic heterocycles. The average Bonchev–Trinajstić information content (AvgIpc) is 3.15. The lowest BCUT2D eigenvalue weighted by molar-refractivity contribution is 0.181. The lowest BCUT2D eigenvalue weighted by Gasteiger charge is -2.31. The number of hydrogen-bond acceptors (Lipinski definition) is 5. The van der Waals surface area contributed by atoms with E-state index in [1.54, 1.807) is 0 Å². The summed E-state index contributed by atoms with van der Waals surface area (Å²) in [5.41, 5.74) is 3.00. The molecule has 0 aliphatic carbocycles. The van der Waals surface area contributed by atoms with Crippen LogP contribution >= 0.6 is 0 Å². The van der Waals surface area contributed by atoms with Gasteiger partial charge in [0.1, 0.15) is 0 Å². The quantitative estimate of drug-likeness (QED) is 0.871. The van der Waals surface area contributed by atoms with Crippen molar-refractivity contribution in [3.63, 3.8) is 0 Å². The second kappa shape index (κ2) is 8.37. The molecule has 0 radical (unpaired) electrons. The number of carbonyl (C=O) groups excluding carboxylic acids is 1. The first-order valence-corrected chi connectivity index (χ1v) is 9.53. The molecule has 27 heavy (non-hydrogen) atoms. The maximum atomic E-state index is 12.5. The van der Waals surface area contributed by atoms with Crippen LogP contribution in [0.25, 0.3) is 0 Å². The van der Waals surface area contributed by atoms with Crippen molar-refractivity contribution >= 4 is 12.0 Å². The zero-order valence-corrected chi connectivity index (χ0v) is 16.6. The summed E-state index contributed by atoms with van der Waals surface area (Å²) in [6, 6.07) is 1.88. The van der Waals surface area contributed by atoms with E-state index < -0.39 is 0 Å². The topological polar surface area (TPSA) is 79.2 Å². The number of amides is 2. The maximum Gasteiger partial charge on any atom is 0.317 e. The first-order valence-electron chi connectivity index (χ1n) is 9.53. The molecule has 8 nitrogen and oxygen atoms in total. The zero-order chi connectivity index (χ0) is 19.4. The van der Waals surface area contributed by atoms with E-state index in [4.69, 9.17) is 0 Å². The smallest absolute Gasteiger partial charge is 0.317 e. The van der Waals surface area contributed by atoms with Gasteiger partial charge in [0.2, 0.25) is 5.95 Å². The van der Waals surface area contributed by atoms with E-state index in [1.807, 2.05) is 47.8 Å². The van der Waals surface area contributed by atoms with Gasteiger partial charge in [-0.1, -0.05) is 0 Å². The molecule has 0 saturated carbocycles. The summed E-state index contributed by atoms with van der Waals surface area (Å²) in [5, 5.41) is 7.35.